The van der Waals surface area contributed by atoms with Crippen molar-refractivity contribution in [2.24, 2.45) is 0 Å². The molecule has 0 bridgehead atoms. The SMILES string of the molecule is C=C(C)/C=C\N(C)C(F)F. The van der Waals surface area contributed by atoms with Gasteiger partial charge in [0.15, 0.2) is 0 Å². The van der Waals surface area contributed by atoms with Gasteiger partial charge in [0.05, 0.1) is 0 Å². The molecule has 0 heterocycles. The molecular formula is C7H11F2N. The molecule has 0 aliphatic rings. The van der Waals surface area contributed by atoms with Gasteiger partial charge in [-0.25, -0.2) is 0 Å². The van der Waals surface area contributed by atoms with Crippen LogP contribution in [-0.4, -0.2) is 18.5 Å². The highest BCUT2D eigenvalue weighted by Crippen LogP contribution is 2.00. The average molecular weight is 147 g/mol. The summed E-state index contributed by atoms with van der Waals surface area (Å²) in [4.78, 5) is 0.814. The maximum Gasteiger partial charge on any atom is 0.314 e. The summed E-state index contributed by atoms with van der Waals surface area (Å²) in [6, 6.07) is 0. The van der Waals surface area contributed by atoms with Crippen LogP contribution in [0.4, 0.5) is 8.78 Å². The van der Waals surface area contributed by atoms with E-state index in [1.54, 1.807) is 6.92 Å². The van der Waals surface area contributed by atoms with Crippen LogP contribution in [0.5, 0.6) is 0 Å². The molecule has 0 aromatic rings. The number of hydrogen-bond donors (Lipinski definition) is 0. The van der Waals surface area contributed by atoms with E-state index in [0.717, 1.165) is 10.5 Å². The summed E-state index contributed by atoms with van der Waals surface area (Å²) in [5.41, 5.74) is 0.757. The smallest absolute Gasteiger partial charge is 0.314 e. The first-order valence-corrected chi connectivity index (χ1v) is 2.88. The quantitative estimate of drug-likeness (QED) is 0.437. The fraction of sp³-hybridized carbons (Fsp3) is 0.429. The standard InChI is InChI=1S/C7H11F2N/c1-6(2)4-5-10(3)7(8)9/h4-5,7H,1H2,2-3H3/b5-4-. The number of allylic oxidation sites excluding steroid dienone is 2. The Morgan fingerprint density at radius 3 is 2.40 bits per heavy atom. The molecule has 58 valence electrons. The fourth-order valence-corrected chi connectivity index (χ4v) is 0.310. The van der Waals surface area contributed by atoms with Gasteiger partial charge >= 0.3 is 6.55 Å². The molecule has 0 saturated heterocycles. The first-order chi connectivity index (χ1) is 4.54. The third kappa shape index (κ3) is 4.06. The van der Waals surface area contributed by atoms with Gasteiger partial charge in [-0.3, -0.25) is 0 Å². The minimum Gasteiger partial charge on any atom is -0.326 e. The predicted molar refractivity (Wildman–Crippen MR) is 37.7 cm³/mol. The van der Waals surface area contributed by atoms with Crippen molar-refractivity contribution in [3.8, 4) is 0 Å². The first kappa shape index (κ1) is 9.14. The lowest BCUT2D eigenvalue weighted by atomic mass is 10.3. The van der Waals surface area contributed by atoms with Crippen molar-refractivity contribution in [2.45, 2.75) is 13.5 Å². The third-order valence-corrected chi connectivity index (χ3v) is 0.902. The largest absolute Gasteiger partial charge is 0.326 e. The highest BCUT2D eigenvalue weighted by atomic mass is 19.3. The summed E-state index contributed by atoms with van der Waals surface area (Å²) >= 11 is 0. The maximum atomic E-state index is 11.7. The molecule has 0 aliphatic heterocycles. The molecule has 1 nitrogen and oxygen atoms in total. The van der Waals surface area contributed by atoms with E-state index < -0.39 is 6.55 Å². The van der Waals surface area contributed by atoms with E-state index in [9.17, 15) is 8.78 Å². The number of rotatable bonds is 3. The molecule has 0 rings (SSSR count). The molecular weight excluding hydrogens is 136 g/mol. The molecule has 0 saturated carbocycles. The Morgan fingerprint density at radius 1 is 1.60 bits per heavy atom. The van der Waals surface area contributed by atoms with Gasteiger partial charge in [0.2, 0.25) is 0 Å². The summed E-state index contributed by atoms with van der Waals surface area (Å²) in [5.74, 6) is 0. The van der Waals surface area contributed by atoms with Gasteiger partial charge in [-0.2, -0.15) is 8.78 Å². The molecule has 0 radical (unpaired) electrons. The average Bonchev–Trinajstić information content (AvgIpc) is 1.82. The third-order valence-electron chi connectivity index (χ3n) is 0.902. The highest BCUT2D eigenvalue weighted by molar-refractivity contribution is 5.09. The van der Waals surface area contributed by atoms with Gasteiger partial charge < -0.3 is 4.90 Å². The van der Waals surface area contributed by atoms with Crippen molar-refractivity contribution in [1.82, 2.24) is 4.90 Å². The van der Waals surface area contributed by atoms with E-state index in [1.807, 2.05) is 0 Å². The molecule has 0 aromatic carbocycles. The Kier molecular flexibility index (Phi) is 3.69. The van der Waals surface area contributed by atoms with E-state index in [4.69, 9.17) is 0 Å². The van der Waals surface area contributed by atoms with Crippen LogP contribution >= 0.6 is 0 Å². The lowest BCUT2D eigenvalue weighted by Crippen LogP contribution is -2.16. The van der Waals surface area contributed by atoms with Crippen LogP contribution < -0.4 is 0 Å². The lowest BCUT2D eigenvalue weighted by molar-refractivity contribution is 0.0227. The zero-order chi connectivity index (χ0) is 8.15. The second-order valence-electron chi connectivity index (χ2n) is 2.11. The monoisotopic (exact) mass is 147 g/mol. The number of nitrogens with zero attached hydrogens (tertiary/aromatic N) is 1. The van der Waals surface area contributed by atoms with Crippen molar-refractivity contribution in [1.29, 1.82) is 0 Å². The summed E-state index contributed by atoms with van der Waals surface area (Å²) < 4.78 is 23.4. The number of halogens is 2. The summed E-state index contributed by atoms with van der Waals surface area (Å²) in [6.07, 6.45) is 2.83. The molecule has 0 amide bonds. The van der Waals surface area contributed by atoms with Gasteiger partial charge in [-0.05, 0) is 13.0 Å². The van der Waals surface area contributed by atoms with Gasteiger partial charge in [0.25, 0.3) is 0 Å². The number of hydrogen-bond acceptors (Lipinski definition) is 1. The van der Waals surface area contributed by atoms with Crippen LogP contribution in [-0.2, 0) is 0 Å². The zero-order valence-corrected chi connectivity index (χ0v) is 6.14. The summed E-state index contributed by atoms with van der Waals surface area (Å²) in [6.45, 7) is 2.84. The first-order valence-electron chi connectivity index (χ1n) is 2.88. The molecule has 0 N–H and O–H groups in total. The van der Waals surface area contributed by atoms with Gasteiger partial charge in [-0.15, -0.1) is 0 Å². The zero-order valence-electron chi connectivity index (χ0n) is 6.14. The van der Waals surface area contributed by atoms with Gasteiger partial charge in [-0.1, -0.05) is 12.2 Å². The molecule has 0 aromatic heterocycles. The van der Waals surface area contributed by atoms with Crippen LogP contribution in [0.25, 0.3) is 0 Å². The second kappa shape index (κ2) is 4.04. The van der Waals surface area contributed by atoms with Crippen LogP contribution in [0.2, 0.25) is 0 Å². The Morgan fingerprint density at radius 2 is 2.10 bits per heavy atom. The van der Waals surface area contributed by atoms with Gasteiger partial charge in [0, 0.05) is 13.2 Å². The molecule has 3 heteroatoms. The molecule has 0 unspecified atom stereocenters. The van der Waals surface area contributed by atoms with Crippen molar-refractivity contribution in [2.75, 3.05) is 7.05 Å². The molecule has 0 spiro atoms. The lowest BCUT2D eigenvalue weighted by Gasteiger charge is -2.10. The predicted octanol–water partition coefficient (Wildman–Crippen LogP) is 2.23. The van der Waals surface area contributed by atoms with E-state index in [0.29, 0.717) is 0 Å². The van der Waals surface area contributed by atoms with Crippen LogP contribution in [0.3, 0.4) is 0 Å². The second-order valence-corrected chi connectivity index (χ2v) is 2.11. The highest BCUT2D eigenvalue weighted by Gasteiger charge is 2.03. The Labute approximate surface area is 59.6 Å². The Balaban J connectivity index is 3.77. The van der Waals surface area contributed by atoms with Crippen molar-refractivity contribution >= 4 is 0 Å². The normalized spacial score (nSPS) is 10.9. The van der Waals surface area contributed by atoms with E-state index in [1.165, 1.54) is 19.3 Å². The fourth-order valence-electron chi connectivity index (χ4n) is 0.310. The summed E-state index contributed by atoms with van der Waals surface area (Å²) in [5, 5.41) is 0. The summed E-state index contributed by atoms with van der Waals surface area (Å²) in [7, 11) is 1.31. The Bertz CT molecular complexity index is 141. The van der Waals surface area contributed by atoms with Crippen molar-refractivity contribution < 1.29 is 8.78 Å². The molecule has 0 aliphatic carbocycles. The maximum absolute atomic E-state index is 11.7. The van der Waals surface area contributed by atoms with Crippen LogP contribution in [0, 0.1) is 0 Å². The van der Waals surface area contributed by atoms with Crippen molar-refractivity contribution in [3.05, 3.63) is 24.4 Å². The van der Waals surface area contributed by atoms with Crippen LogP contribution in [0.1, 0.15) is 6.92 Å². The van der Waals surface area contributed by atoms with Gasteiger partial charge in [0.1, 0.15) is 0 Å². The molecule has 0 fully saturated rings. The molecule has 10 heavy (non-hydrogen) atoms. The van der Waals surface area contributed by atoms with Crippen LogP contribution in [0.15, 0.2) is 24.4 Å². The van der Waals surface area contributed by atoms with Crippen molar-refractivity contribution in [3.63, 3.8) is 0 Å². The van der Waals surface area contributed by atoms with E-state index in [2.05, 4.69) is 6.58 Å². The minimum atomic E-state index is -2.43. The number of alkyl halides is 2. The minimum absolute atomic E-state index is 0.757. The van der Waals surface area contributed by atoms with E-state index in [-0.39, 0.29) is 0 Å². The molecule has 0 atom stereocenters. The van der Waals surface area contributed by atoms with E-state index >= 15 is 0 Å². The topological polar surface area (TPSA) is 3.24 Å². The Hall–Kier alpha value is -0.860.